The Morgan fingerprint density at radius 3 is 2.82 bits per heavy atom. The second kappa shape index (κ2) is 4.52. The second-order valence-corrected chi connectivity index (χ2v) is 4.73. The third-order valence-corrected chi connectivity index (χ3v) is 3.47. The highest BCUT2D eigenvalue weighted by molar-refractivity contribution is 7.98. The van der Waals surface area contributed by atoms with Crippen LogP contribution in [0.2, 0.25) is 0 Å². The number of carbonyl (C=O) groups is 1. The van der Waals surface area contributed by atoms with E-state index in [4.69, 9.17) is 10.5 Å². The topological polar surface area (TPSA) is 78.1 Å². The number of hydrogen-bond acceptors (Lipinski definition) is 6. The average Bonchev–Trinajstić information content (AvgIpc) is 3.10. The minimum absolute atomic E-state index is 0.216. The van der Waals surface area contributed by atoms with Crippen molar-refractivity contribution >= 4 is 23.5 Å². The molecular formula is C11H15N3O2S. The van der Waals surface area contributed by atoms with Gasteiger partial charge in [0.05, 0.1) is 12.0 Å². The Morgan fingerprint density at radius 2 is 2.35 bits per heavy atom. The van der Waals surface area contributed by atoms with Gasteiger partial charge < -0.3 is 10.5 Å². The fourth-order valence-electron chi connectivity index (χ4n) is 1.82. The molecule has 0 aliphatic heterocycles. The van der Waals surface area contributed by atoms with Gasteiger partial charge in [-0.15, -0.1) is 0 Å². The third kappa shape index (κ3) is 2.09. The van der Waals surface area contributed by atoms with Crippen molar-refractivity contribution in [1.82, 2.24) is 9.97 Å². The van der Waals surface area contributed by atoms with Crippen molar-refractivity contribution in [2.24, 2.45) is 0 Å². The number of aromatic nitrogens is 2. The molecule has 92 valence electrons. The molecule has 0 radical (unpaired) electrons. The van der Waals surface area contributed by atoms with Crippen LogP contribution in [0.4, 0.5) is 5.82 Å². The summed E-state index contributed by atoms with van der Waals surface area (Å²) in [5.74, 6) is 0.169. The molecule has 5 nitrogen and oxygen atoms in total. The third-order valence-electron chi connectivity index (χ3n) is 2.91. The van der Waals surface area contributed by atoms with Crippen molar-refractivity contribution in [3.05, 3.63) is 11.8 Å². The van der Waals surface area contributed by atoms with Crippen LogP contribution in [-0.4, -0.2) is 28.8 Å². The highest BCUT2D eigenvalue weighted by Crippen LogP contribution is 2.50. The number of hydrogen-bond donors (Lipinski definition) is 1. The number of nitrogens with zero attached hydrogens (tertiary/aromatic N) is 2. The number of nitrogen functional groups attached to an aromatic ring is 1. The van der Waals surface area contributed by atoms with Crippen LogP contribution in [0.15, 0.2) is 11.4 Å². The van der Waals surface area contributed by atoms with Crippen molar-refractivity contribution < 1.29 is 9.53 Å². The summed E-state index contributed by atoms with van der Waals surface area (Å²) in [5.41, 5.74) is 6.00. The molecule has 0 unspecified atom stereocenters. The number of anilines is 1. The van der Waals surface area contributed by atoms with Crippen LogP contribution in [-0.2, 0) is 14.9 Å². The van der Waals surface area contributed by atoms with Crippen LogP contribution in [0.5, 0.6) is 0 Å². The van der Waals surface area contributed by atoms with E-state index in [1.54, 1.807) is 13.1 Å². The smallest absolute Gasteiger partial charge is 0.316 e. The summed E-state index contributed by atoms with van der Waals surface area (Å²) >= 11 is 1.42. The van der Waals surface area contributed by atoms with Crippen LogP contribution >= 0.6 is 11.8 Å². The number of thioether (sulfide) groups is 1. The lowest BCUT2D eigenvalue weighted by Gasteiger charge is -2.15. The zero-order valence-electron chi connectivity index (χ0n) is 9.90. The van der Waals surface area contributed by atoms with E-state index in [0.29, 0.717) is 23.1 Å². The Bertz CT molecular complexity index is 446. The lowest BCUT2D eigenvalue weighted by Crippen LogP contribution is -2.25. The molecule has 1 aromatic heterocycles. The number of nitrogens with two attached hydrogens (primary N) is 1. The highest BCUT2D eigenvalue weighted by Gasteiger charge is 2.54. The SMILES string of the molecule is CCOC(=O)C1(c2cnc(SC)nc2N)CC1. The first-order valence-corrected chi connectivity index (χ1v) is 6.70. The van der Waals surface area contributed by atoms with Crippen molar-refractivity contribution in [2.45, 2.75) is 30.3 Å². The van der Waals surface area contributed by atoms with E-state index in [1.165, 1.54) is 11.8 Å². The summed E-state index contributed by atoms with van der Waals surface area (Å²) in [4.78, 5) is 20.2. The second-order valence-electron chi connectivity index (χ2n) is 3.96. The van der Waals surface area contributed by atoms with Crippen LogP contribution < -0.4 is 5.73 Å². The van der Waals surface area contributed by atoms with Crippen LogP contribution in [0.1, 0.15) is 25.3 Å². The molecule has 0 spiro atoms. The van der Waals surface area contributed by atoms with Crippen molar-refractivity contribution in [1.29, 1.82) is 0 Å². The summed E-state index contributed by atoms with van der Waals surface area (Å²) in [6, 6.07) is 0. The maximum atomic E-state index is 11.9. The Kier molecular flexibility index (Phi) is 3.24. The Hall–Kier alpha value is -1.30. The zero-order chi connectivity index (χ0) is 12.5. The van der Waals surface area contributed by atoms with Gasteiger partial charge in [-0.2, -0.15) is 0 Å². The van der Waals surface area contributed by atoms with Crippen LogP contribution in [0.25, 0.3) is 0 Å². The molecular weight excluding hydrogens is 238 g/mol. The van der Waals surface area contributed by atoms with E-state index < -0.39 is 5.41 Å². The summed E-state index contributed by atoms with van der Waals surface area (Å²) in [6.07, 6.45) is 5.06. The molecule has 1 aliphatic rings. The van der Waals surface area contributed by atoms with E-state index >= 15 is 0 Å². The molecule has 1 aromatic rings. The van der Waals surface area contributed by atoms with Gasteiger partial charge >= 0.3 is 5.97 Å². The number of esters is 1. The molecule has 0 amide bonds. The van der Waals surface area contributed by atoms with Crippen LogP contribution in [0.3, 0.4) is 0 Å². The predicted octanol–water partition coefficient (Wildman–Crippen LogP) is 1.38. The quantitative estimate of drug-likeness (QED) is 0.496. The fourth-order valence-corrected chi connectivity index (χ4v) is 2.17. The van der Waals surface area contributed by atoms with Gasteiger partial charge in [-0.05, 0) is 26.0 Å². The largest absolute Gasteiger partial charge is 0.465 e. The molecule has 6 heteroatoms. The molecule has 0 bridgehead atoms. The van der Waals surface area contributed by atoms with Gasteiger partial charge in [-0.1, -0.05) is 11.8 Å². The number of ether oxygens (including phenoxy) is 1. The predicted molar refractivity (Wildman–Crippen MR) is 65.8 cm³/mol. The molecule has 2 N–H and O–H groups in total. The van der Waals surface area contributed by atoms with Gasteiger partial charge in [-0.25, -0.2) is 9.97 Å². The Labute approximate surface area is 104 Å². The van der Waals surface area contributed by atoms with Gasteiger partial charge in [-0.3, -0.25) is 4.79 Å². The maximum Gasteiger partial charge on any atom is 0.316 e. The molecule has 1 aliphatic carbocycles. The first kappa shape index (κ1) is 12.2. The van der Waals surface area contributed by atoms with E-state index in [-0.39, 0.29) is 5.97 Å². The first-order valence-electron chi connectivity index (χ1n) is 5.48. The monoisotopic (exact) mass is 253 g/mol. The summed E-state index contributed by atoms with van der Waals surface area (Å²) in [6.45, 7) is 2.18. The van der Waals surface area contributed by atoms with Crippen molar-refractivity contribution in [3.8, 4) is 0 Å². The summed E-state index contributed by atoms with van der Waals surface area (Å²) in [5, 5.41) is 0.617. The maximum absolute atomic E-state index is 11.9. The molecule has 1 fully saturated rings. The van der Waals surface area contributed by atoms with Crippen LogP contribution in [0, 0.1) is 0 Å². The van der Waals surface area contributed by atoms with E-state index in [0.717, 1.165) is 12.8 Å². The first-order chi connectivity index (χ1) is 8.14. The molecule has 0 aromatic carbocycles. The van der Waals surface area contributed by atoms with Gasteiger partial charge in [0.25, 0.3) is 0 Å². The molecule has 0 atom stereocenters. The van der Waals surface area contributed by atoms with Crippen molar-refractivity contribution in [2.75, 3.05) is 18.6 Å². The lowest BCUT2D eigenvalue weighted by atomic mass is 9.98. The van der Waals surface area contributed by atoms with Crippen molar-refractivity contribution in [3.63, 3.8) is 0 Å². The molecule has 1 saturated carbocycles. The van der Waals surface area contributed by atoms with E-state index in [2.05, 4.69) is 9.97 Å². The Balaban J connectivity index is 2.31. The lowest BCUT2D eigenvalue weighted by molar-refractivity contribution is -0.146. The zero-order valence-corrected chi connectivity index (χ0v) is 10.7. The highest BCUT2D eigenvalue weighted by atomic mass is 32.2. The summed E-state index contributed by atoms with van der Waals surface area (Å²) < 4.78 is 5.08. The number of rotatable bonds is 4. The van der Waals surface area contributed by atoms with Gasteiger partial charge in [0.1, 0.15) is 5.82 Å². The molecule has 17 heavy (non-hydrogen) atoms. The van der Waals surface area contributed by atoms with Gasteiger partial charge in [0, 0.05) is 11.8 Å². The molecule has 0 saturated heterocycles. The standard InChI is InChI=1S/C11H15N3O2S/c1-3-16-9(15)11(4-5-11)7-6-13-10(17-2)14-8(7)12/h6H,3-5H2,1-2H3,(H2,12,13,14). The number of carbonyl (C=O) groups excluding carboxylic acids is 1. The van der Waals surface area contributed by atoms with E-state index in [9.17, 15) is 4.79 Å². The molecule has 1 heterocycles. The van der Waals surface area contributed by atoms with Gasteiger partial charge in [0.2, 0.25) is 0 Å². The Morgan fingerprint density at radius 1 is 1.65 bits per heavy atom. The van der Waals surface area contributed by atoms with E-state index in [1.807, 2.05) is 6.26 Å². The molecule has 2 rings (SSSR count). The van der Waals surface area contributed by atoms with Gasteiger partial charge in [0.15, 0.2) is 5.16 Å². The average molecular weight is 253 g/mol. The minimum Gasteiger partial charge on any atom is -0.465 e. The normalized spacial score (nSPS) is 16.6. The minimum atomic E-state index is -0.586. The summed E-state index contributed by atoms with van der Waals surface area (Å²) in [7, 11) is 0. The fraction of sp³-hybridized carbons (Fsp3) is 0.545.